The van der Waals surface area contributed by atoms with E-state index in [9.17, 15) is 19.1 Å². The van der Waals surface area contributed by atoms with Gasteiger partial charge in [0.25, 0.3) is 11.7 Å². The molecule has 1 amide bonds. The van der Waals surface area contributed by atoms with Crippen molar-refractivity contribution >= 4 is 29.1 Å². The van der Waals surface area contributed by atoms with Gasteiger partial charge in [0, 0.05) is 23.7 Å². The van der Waals surface area contributed by atoms with Crippen molar-refractivity contribution in [1.29, 1.82) is 0 Å². The van der Waals surface area contributed by atoms with Gasteiger partial charge in [-0.2, -0.15) is 0 Å². The summed E-state index contributed by atoms with van der Waals surface area (Å²) in [5.41, 5.74) is 0.877. The lowest BCUT2D eigenvalue weighted by molar-refractivity contribution is -0.140. The molecule has 0 aromatic heterocycles. The average molecular weight is 432 g/mol. The van der Waals surface area contributed by atoms with Crippen LogP contribution in [0.2, 0.25) is 5.02 Å². The van der Waals surface area contributed by atoms with E-state index in [1.807, 2.05) is 13.8 Å². The molecule has 0 saturated carbocycles. The van der Waals surface area contributed by atoms with Crippen LogP contribution in [0.5, 0.6) is 0 Å². The lowest BCUT2D eigenvalue weighted by Crippen LogP contribution is -2.31. The monoisotopic (exact) mass is 431 g/mol. The van der Waals surface area contributed by atoms with Crippen LogP contribution in [0.1, 0.15) is 37.4 Å². The van der Waals surface area contributed by atoms with E-state index in [0.29, 0.717) is 29.2 Å². The zero-order valence-corrected chi connectivity index (χ0v) is 17.5. The maximum absolute atomic E-state index is 13.5. The zero-order valence-electron chi connectivity index (χ0n) is 16.8. The molecule has 1 aliphatic heterocycles. The Morgan fingerprint density at radius 2 is 1.77 bits per heavy atom. The molecule has 0 bridgehead atoms. The summed E-state index contributed by atoms with van der Waals surface area (Å²) in [6.07, 6.45) is 0.572. The fraction of sp³-hybridized carbons (Fsp3) is 0.304. The molecule has 0 spiro atoms. The van der Waals surface area contributed by atoms with Gasteiger partial charge in [-0.25, -0.2) is 4.39 Å². The van der Waals surface area contributed by atoms with Gasteiger partial charge in [-0.3, -0.25) is 9.59 Å². The number of ether oxygens (including phenoxy) is 1. The zero-order chi connectivity index (χ0) is 21.8. The number of carbonyl (C=O) groups is 2. The van der Waals surface area contributed by atoms with Crippen LogP contribution in [-0.4, -0.2) is 41.0 Å². The first-order valence-corrected chi connectivity index (χ1v) is 10.1. The van der Waals surface area contributed by atoms with Gasteiger partial charge in [-0.15, -0.1) is 0 Å². The van der Waals surface area contributed by atoms with Crippen molar-refractivity contribution in [3.8, 4) is 0 Å². The lowest BCUT2D eigenvalue weighted by Gasteiger charge is -2.25. The number of benzene rings is 2. The highest BCUT2D eigenvalue weighted by Crippen LogP contribution is 2.39. The molecule has 1 unspecified atom stereocenters. The molecule has 1 atom stereocenters. The van der Waals surface area contributed by atoms with Crippen molar-refractivity contribution in [1.82, 2.24) is 4.90 Å². The average Bonchev–Trinajstić information content (AvgIpc) is 2.96. The first-order valence-electron chi connectivity index (χ1n) is 9.71. The van der Waals surface area contributed by atoms with Crippen molar-refractivity contribution in [2.24, 2.45) is 0 Å². The van der Waals surface area contributed by atoms with Gasteiger partial charge in [0.05, 0.1) is 17.7 Å². The SMILES string of the molecule is CC(C)OCCCN1C(=O)C(=O)/C(=C(\O)c2ccc(Cl)cc2)C1c1ccc(F)cc1. The second-order valence-corrected chi connectivity index (χ2v) is 7.76. The number of likely N-dealkylation sites (tertiary alicyclic amines) is 1. The molecule has 5 nitrogen and oxygen atoms in total. The van der Waals surface area contributed by atoms with Crippen LogP contribution in [0.3, 0.4) is 0 Å². The lowest BCUT2D eigenvalue weighted by atomic mass is 9.95. The number of hydrogen-bond acceptors (Lipinski definition) is 4. The van der Waals surface area contributed by atoms with Crippen LogP contribution >= 0.6 is 11.6 Å². The van der Waals surface area contributed by atoms with Crippen molar-refractivity contribution in [2.75, 3.05) is 13.2 Å². The van der Waals surface area contributed by atoms with Crippen LogP contribution in [0.15, 0.2) is 54.1 Å². The summed E-state index contributed by atoms with van der Waals surface area (Å²) in [6.45, 7) is 4.51. The Morgan fingerprint density at radius 3 is 2.37 bits per heavy atom. The second kappa shape index (κ2) is 9.41. The number of hydrogen-bond donors (Lipinski definition) is 1. The number of aliphatic hydroxyl groups excluding tert-OH is 1. The van der Waals surface area contributed by atoms with Crippen molar-refractivity contribution in [3.63, 3.8) is 0 Å². The number of amides is 1. The van der Waals surface area contributed by atoms with E-state index in [4.69, 9.17) is 16.3 Å². The molecule has 3 rings (SSSR count). The number of nitrogens with zero attached hydrogens (tertiary/aromatic N) is 1. The van der Waals surface area contributed by atoms with Gasteiger partial charge in [-0.05, 0) is 62.2 Å². The van der Waals surface area contributed by atoms with Gasteiger partial charge < -0.3 is 14.7 Å². The molecule has 1 fully saturated rings. The largest absolute Gasteiger partial charge is 0.507 e. The number of halogens is 2. The molecule has 1 heterocycles. The summed E-state index contributed by atoms with van der Waals surface area (Å²) in [5, 5.41) is 11.4. The predicted octanol–water partition coefficient (Wildman–Crippen LogP) is 4.72. The summed E-state index contributed by atoms with van der Waals surface area (Å²) in [6, 6.07) is 11.1. The summed E-state index contributed by atoms with van der Waals surface area (Å²) < 4.78 is 19.0. The van der Waals surface area contributed by atoms with Crippen LogP contribution < -0.4 is 0 Å². The minimum atomic E-state index is -0.819. The van der Waals surface area contributed by atoms with E-state index in [0.717, 1.165) is 0 Å². The topological polar surface area (TPSA) is 66.8 Å². The highest BCUT2D eigenvalue weighted by Gasteiger charge is 2.45. The van der Waals surface area contributed by atoms with E-state index in [2.05, 4.69) is 0 Å². The molecule has 7 heteroatoms. The Kier molecular flexibility index (Phi) is 6.90. The fourth-order valence-electron chi connectivity index (χ4n) is 3.42. The highest BCUT2D eigenvalue weighted by atomic mass is 35.5. The van der Waals surface area contributed by atoms with Crippen LogP contribution in [0.25, 0.3) is 5.76 Å². The number of rotatable bonds is 7. The summed E-state index contributed by atoms with van der Waals surface area (Å²) >= 11 is 5.91. The first kappa shape index (κ1) is 22.0. The van der Waals surface area contributed by atoms with Crippen molar-refractivity contribution < 1.29 is 23.8 Å². The molecular weight excluding hydrogens is 409 g/mol. The van der Waals surface area contributed by atoms with Crippen molar-refractivity contribution in [2.45, 2.75) is 32.4 Å². The minimum Gasteiger partial charge on any atom is -0.507 e. The highest BCUT2D eigenvalue weighted by molar-refractivity contribution is 6.46. The maximum Gasteiger partial charge on any atom is 0.295 e. The third-order valence-electron chi connectivity index (χ3n) is 4.84. The van der Waals surface area contributed by atoms with E-state index < -0.39 is 23.5 Å². The Morgan fingerprint density at radius 1 is 1.13 bits per heavy atom. The molecule has 30 heavy (non-hydrogen) atoms. The third kappa shape index (κ3) is 4.71. The summed E-state index contributed by atoms with van der Waals surface area (Å²) in [5.74, 6) is -2.20. The number of ketones is 1. The number of carbonyl (C=O) groups excluding carboxylic acids is 2. The first-order chi connectivity index (χ1) is 14.3. The molecule has 1 saturated heterocycles. The normalized spacial score (nSPS) is 18.4. The Labute approximate surface area is 179 Å². The molecule has 1 aliphatic rings. The standard InChI is InChI=1S/C23H23ClFNO4/c1-14(2)30-13-3-12-26-20(15-6-10-18(25)11-7-15)19(22(28)23(26)29)21(27)16-4-8-17(24)9-5-16/h4-11,14,20,27H,3,12-13H2,1-2H3/b21-19-. The number of Topliss-reactive ketones (excluding diaryl/α,β-unsaturated/α-hetero) is 1. The van der Waals surface area contributed by atoms with Gasteiger partial charge >= 0.3 is 0 Å². The third-order valence-corrected chi connectivity index (χ3v) is 5.09. The van der Waals surface area contributed by atoms with E-state index in [-0.39, 0.29) is 24.0 Å². The molecular formula is C23H23ClFNO4. The minimum absolute atomic E-state index is 0.0290. The molecule has 1 N–H and O–H groups in total. The molecule has 158 valence electrons. The Hall–Kier alpha value is -2.70. The summed E-state index contributed by atoms with van der Waals surface area (Å²) in [4.78, 5) is 27.0. The van der Waals surface area contributed by atoms with Gasteiger partial charge in [0.1, 0.15) is 11.6 Å². The van der Waals surface area contributed by atoms with Crippen molar-refractivity contribution in [3.05, 3.63) is 76.1 Å². The van der Waals surface area contributed by atoms with Gasteiger partial charge in [-0.1, -0.05) is 23.7 Å². The summed E-state index contributed by atoms with van der Waals surface area (Å²) in [7, 11) is 0. The smallest absolute Gasteiger partial charge is 0.295 e. The molecule has 0 radical (unpaired) electrons. The molecule has 0 aliphatic carbocycles. The maximum atomic E-state index is 13.5. The van der Waals surface area contributed by atoms with E-state index in [1.165, 1.54) is 29.2 Å². The Bertz CT molecular complexity index is 954. The van der Waals surface area contributed by atoms with E-state index in [1.54, 1.807) is 24.3 Å². The van der Waals surface area contributed by atoms with Crippen LogP contribution in [0, 0.1) is 5.82 Å². The predicted molar refractivity (Wildman–Crippen MR) is 113 cm³/mol. The second-order valence-electron chi connectivity index (χ2n) is 7.32. The van der Waals surface area contributed by atoms with Gasteiger partial charge in [0.15, 0.2) is 0 Å². The van der Waals surface area contributed by atoms with Crippen LogP contribution in [-0.2, 0) is 14.3 Å². The number of aliphatic hydroxyl groups is 1. The molecule has 2 aromatic carbocycles. The van der Waals surface area contributed by atoms with Gasteiger partial charge in [0.2, 0.25) is 0 Å². The fourth-order valence-corrected chi connectivity index (χ4v) is 3.55. The Balaban J connectivity index is 2.01. The van der Waals surface area contributed by atoms with Crippen LogP contribution in [0.4, 0.5) is 4.39 Å². The molecule has 2 aromatic rings. The van der Waals surface area contributed by atoms with E-state index >= 15 is 0 Å². The quantitative estimate of drug-likeness (QED) is 0.298.